The standard InChI is InChI=1S/C15H22N2O5S2/c1-2-5-11(15(19)20)10-16-14(18)13-12(6-9-23-13)24(21,22)17-7-3-4-8-17/h6,9,11H,2-5,7-8,10H2,1H3,(H,16,18)(H,19,20). The van der Waals surface area contributed by atoms with Gasteiger partial charge in [0.15, 0.2) is 0 Å². The average Bonchev–Trinajstić information content (AvgIpc) is 3.22. The molecular formula is C15H22N2O5S2. The first-order chi connectivity index (χ1) is 11.4. The van der Waals surface area contributed by atoms with Gasteiger partial charge in [-0.3, -0.25) is 9.59 Å². The molecule has 1 aromatic rings. The summed E-state index contributed by atoms with van der Waals surface area (Å²) in [6, 6.07) is 1.44. The van der Waals surface area contributed by atoms with Crippen LogP contribution in [0.5, 0.6) is 0 Å². The molecule has 0 bridgehead atoms. The molecule has 1 aliphatic rings. The Labute approximate surface area is 145 Å². The van der Waals surface area contributed by atoms with Crippen LogP contribution in [-0.2, 0) is 14.8 Å². The molecule has 2 rings (SSSR count). The minimum absolute atomic E-state index is 0.00858. The normalized spacial score (nSPS) is 16.9. The second kappa shape index (κ2) is 8.09. The fraction of sp³-hybridized carbons (Fsp3) is 0.600. The molecule has 1 fully saturated rings. The minimum Gasteiger partial charge on any atom is -0.481 e. The predicted octanol–water partition coefficient (Wildman–Crippen LogP) is 1.76. The Balaban J connectivity index is 2.11. The molecule has 1 unspecified atom stereocenters. The number of aliphatic carboxylic acids is 1. The van der Waals surface area contributed by atoms with Gasteiger partial charge in [0.05, 0.1) is 5.92 Å². The SMILES string of the molecule is CCCC(CNC(=O)c1sccc1S(=O)(=O)N1CCCC1)C(=O)O. The van der Waals surface area contributed by atoms with Gasteiger partial charge in [-0.05, 0) is 30.7 Å². The van der Waals surface area contributed by atoms with Gasteiger partial charge in [0.2, 0.25) is 10.0 Å². The molecule has 134 valence electrons. The van der Waals surface area contributed by atoms with Crippen LogP contribution in [0.4, 0.5) is 0 Å². The number of carboxylic acids is 1. The van der Waals surface area contributed by atoms with E-state index in [9.17, 15) is 18.0 Å². The van der Waals surface area contributed by atoms with Crippen LogP contribution in [0.15, 0.2) is 16.3 Å². The third kappa shape index (κ3) is 4.14. The van der Waals surface area contributed by atoms with Crippen molar-refractivity contribution < 1.29 is 23.1 Å². The molecule has 0 aromatic carbocycles. The van der Waals surface area contributed by atoms with Gasteiger partial charge in [-0.25, -0.2) is 8.42 Å². The second-order valence-corrected chi connectivity index (χ2v) is 8.58. The number of sulfonamides is 1. The van der Waals surface area contributed by atoms with Crippen LogP contribution in [0.25, 0.3) is 0 Å². The van der Waals surface area contributed by atoms with Gasteiger partial charge in [0.25, 0.3) is 5.91 Å². The summed E-state index contributed by atoms with van der Waals surface area (Å²) >= 11 is 1.05. The van der Waals surface area contributed by atoms with Crippen molar-refractivity contribution in [2.24, 2.45) is 5.92 Å². The molecule has 0 saturated carbocycles. The van der Waals surface area contributed by atoms with Crippen molar-refractivity contribution in [1.82, 2.24) is 9.62 Å². The number of carboxylic acid groups (broad SMARTS) is 1. The Kier molecular flexibility index (Phi) is 6.36. The average molecular weight is 374 g/mol. The molecule has 0 radical (unpaired) electrons. The Bertz CT molecular complexity index is 692. The van der Waals surface area contributed by atoms with Crippen LogP contribution in [0.3, 0.4) is 0 Å². The molecule has 1 aromatic heterocycles. The number of nitrogens with zero attached hydrogens (tertiary/aromatic N) is 1. The summed E-state index contributed by atoms with van der Waals surface area (Å²) in [4.78, 5) is 23.6. The Hall–Kier alpha value is -1.45. The monoisotopic (exact) mass is 374 g/mol. The van der Waals surface area contributed by atoms with E-state index in [4.69, 9.17) is 5.11 Å². The molecule has 24 heavy (non-hydrogen) atoms. The van der Waals surface area contributed by atoms with E-state index in [1.165, 1.54) is 10.4 Å². The Morgan fingerprint density at radius 1 is 1.38 bits per heavy atom. The maximum atomic E-state index is 12.6. The molecule has 2 heterocycles. The fourth-order valence-corrected chi connectivity index (χ4v) is 5.53. The van der Waals surface area contributed by atoms with E-state index in [1.807, 2.05) is 6.92 Å². The molecule has 9 heteroatoms. The van der Waals surface area contributed by atoms with Crippen molar-refractivity contribution >= 4 is 33.2 Å². The van der Waals surface area contributed by atoms with Gasteiger partial charge in [-0.15, -0.1) is 11.3 Å². The molecule has 2 N–H and O–H groups in total. The molecular weight excluding hydrogens is 352 g/mol. The van der Waals surface area contributed by atoms with Crippen LogP contribution in [0.2, 0.25) is 0 Å². The number of thiophene rings is 1. The third-order valence-corrected chi connectivity index (χ3v) is 7.00. The van der Waals surface area contributed by atoms with Gasteiger partial charge in [0, 0.05) is 19.6 Å². The van der Waals surface area contributed by atoms with Gasteiger partial charge in [-0.1, -0.05) is 13.3 Å². The Morgan fingerprint density at radius 2 is 2.04 bits per heavy atom. The van der Waals surface area contributed by atoms with Crippen LogP contribution >= 0.6 is 11.3 Å². The topological polar surface area (TPSA) is 104 Å². The summed E-state index contributed by atoms with van der Waals surface area (Å²) in [5, 5.41) is 13.3. The lowest BCUT2D eigenvalue weighted by atomic mass is 10.0. The highest BCUT2D eigenvalue weighted by molar-refractivity contribution is 7.89. The first kappa shape index (κ1) is 18.9. The first-order valence-corrected chi connectivity index (χ1v) is 10.3. The zero-order valence-corrected chi connectivity index (χ0v) is 15.2. The first-order valence-electron chi connectivity index (χ1n) is 7.96. The van der Waals surface area contributed by atoms with Crippen LogP contribution in [-0.4, -0.2) is 49.3 Å². The third-order valence-electron chi connectivity index (χ3n) is 4.01. The minimum atomic E-state index is -3.67. The highest BCUT2D eigenvalue weighted by atomic mass is 32.2. The van der Waals surface area contributed by atoms with Gasteiger partial charge in [0.1, 0.15) is 9.77 Å². The van der Waals surface area contributed by atoms with Crippen molar-refractivity contribution in [3.63, 3.8) is 0 Å². The van der Waals surface area contributed by atoms with E-state index in [0.717, 1.165) is 24.2 Å². The fourth-order valence-electron chi connectivity index (χ4n) is 2.69. The molecule has 0 spiro atoms. The highest BCUT2D eigenvalue weighted by Gasteiger charge is 2.32. The maximum absolute atomic E-state index is 12.6. The highest BCUT2D eigenvalue weighted by Crippen LogP contribution is 2.27. The van der Waals surface area contributed by atoms with E-state index >= 15 is 0 Å². The van der Waals surface area contributed by atoms with Crippen LogP contribution in [0, 0.1) is 5.92 Å². The largest absolute Gasteiger partial charge is 0.481 e. The Morgan fingerprint density at radius 3 is 2.62 bits per heavy atom. The number of carbonyl (C=O) groups excluding carboxylic acids is 1. The molecule has 1 aliphatic heterocycles. The lowest BCUT2D eigenvalue weighted by Crippen LogP contribution is -2.34. The summed E-state index contributed by atoms with van der Waals surface area (Å²) < 4.78 is 26.6. The number of nitrogens with one attached hydrogen (secondary N) is 1. The van der Waals surface area contributed by atoms with Gasteiger partial charge >= 0.3 is 5.97 Å². The van der Waals surface area contributed by atoms with Crippen LogP contribution < -0.4 is 5.32 Å². The lowest BCUT2D eigenvalue weighted by molar-refractivity contribution is -0.141. The summed E-state index contributed by atoms with van der Waals surface area (Å²) in [6.07, 6.45) is 2.80. The van der Waals surface area contributed by atoms with Crippen molar-refractivity contribution in [2.45, 2.75) is 37.5 Å². The van der Waals surface area contributed by atoms with Crippen molar-refractivity contribution in [3.05, 3.63) is 16.3 Å². The van der Waals surface area contributed by atoms with Gasteiger partial charge in [-0.2, -0.15) is 4.31 Å². The summed E-state index contributed by atoms with van der Waals surface area (Å²) in [7, 11) is -3.67. The number of hydrogen-bond donors (Lipinski definition) is 2. The van der Waals surface area contributed by atoms with E-state index in [-0.39, 0.29) is 16.3 Å². The van der Waals surface area contributed by atoms with E-state index < -0.39 is 27.8 Å². The number of carbonyl (C=O) groups is 2. The molecule has 1 saturated heterocycles. The quantitative estimate of drug-likeness (QED) is 0.722. The predicted molar refractivity (Wildman–Crippen MR) is 90.7 cm³/mol. The summed E-state index contributed by atoms with van der Waals surface area (Å²) in [6.45, 7) is 2.80. The van der Waals surface area contributed by atoms with E-state index in [0.29, 0.717) is 25.9 Å². The number of hydrogen-bond acceptors (Lipinski definition) is 5. The number of amides is 1. The second-order valence-electron chi connectivity index (χ2n) is 5.76. The molecule has 1 amide bonds. The summed E-state index contributed by atoms with van der Waals surface area (Å²) in [5.74, 6) is -2.17. The van der Waals surface area contributed by atoms with Crippen molar-refractivity contribution in [1.29, 1.82) is 0 Å². The van der Waals surface area contributed by atoms with E-state index in [1.54, 1.807) is 5.38 Å². The zero-order chi connectivity index (χ0) is 17.7. The molecule has 7 nitrogen and oxygen atoms in total. The van der Waals surface area contributed by atoms with Crippen molar-refractivity contribution in [2.75, 3.05) is 19.6 Å². The maximum Gasteiger partial charge on any atom is 0.308 e. The van der Waals surface area contributed by atoms with Crippen molar-refractivity contribution in [3.8, 4) is 0 Å². The van der Waals surface area contributed by atoms with Crippen LogP contribution in [0.1, 0.15) is 42.3 Å². The van der Waals surface area contributed by atoms with Gasteiger partial charge < -0.3 is 10.4 Å². The zero-order valence-electron chi connectivity index (χ0n) is 13.5. The molecule has 1 atom stereocenters. The summed E-state index contributed by atoms with van der Waals surface area (Å²) in [5.41, 5.74) is 0. The molecule has 0 aliphatic carbocycles. The van der Waals surface area contributed by atoms with E-state index in [2.05, 4.69) is 5.32 Å². The smallest absolute Gasteiger partial charge is 0.308 e. The lowest BCUT2D eigenvalue weighted by Gasteiger charge is -2.16. The number of rotatable bonds is 8.